The van der Waals surface area contributed by atoms with E-state index in [-0.39, 0.29) is 11.9 Å². The molecule has 116 valence electrons. The van der Waals surface area contributed by atoms with Gasteiger partial charge in [0.05, 0.1) is 5.69 Å². The summed E-state index contributed by atoms with van der Waals surface area (Å²) in [6, 6.07) is 0.753. The van der Waals surface area contributed by atoms with Crippen molar-refractivity contribution in [3.63, 3.8) is 0 Å². The zero-order chi connectivity index (χ0) is 15.1. The molecule has 4 rings (SSSR count). The van der Waals surface area contributed by atoms with E-state index in [2.05, 4.69) is 20.6 Å². The van der Waals surface area contributed by atoms with E-state index < -0.39 is 0 Å². The summed E-state index contributed by atoms with van der Waals surface area (Å²) in [5, 5.41) is 9.40. The molecule has 1 saturated carbocycles. The number of nitrogens with one attached hydrogen (secondary N) is 2. The van der Waals surface area contributed by atoms with Gasteiger partial charge in [-0.2, -0.15) is 0 Å². The third kappa shape index (κ3) is 2.99. The third-order valence-electron chi connectivity index (χ3n) is 3.84. The number of amides is 1. The Kier molecular flexibility index (Phi) is 3.59. The topological polar surface area (TPSA) is 92.9 Å². The largest absolute Gasteiger partial charge is 0.359 e. The normalized spacial score (nSPS) is 20.5. The van der Waals surface area contributed by atoms with Crippen molar-refractivity contribution >= 4 is 38.8 Å². The average molecular weight is 335 g/mol. The molecule has 1 amide bonds. The van der Waals surface area contributed by atoms with E-state index in [0.29, 0.717) is 16.9 Å². The van der Waals surface area contributed by atoms with Gasteiger partial charge < -0.3 is 11.1 Å². The minimum atomic E-state index is -0.199. The molecule has 8 heteroatoms. The van der Waals surface area contributed by atoms with Gasteiger partial charge in [0.1, 0.15) is 5.69 Å². The van der Waals surface area contributed by atoms with Crippen molar-refractivity contribution in [1.29, 1.82) is 0 Å². The average Bonchev–Trinajstić information content (AvgIpc) is 3.02. The summed E-state index contributed by atoms with van der Waals surface area (Å²) >= 11 is 2.99. The number of aromatic nitrogens is 2. The zero-order valence-electron chi connectivity index (χ0n) is 12.0. The van der Waals surface area contributed by atoms with Crippen LogP contribution in [0.1, 0.15) is 40.3 Å². The summed E-state index contributed by atoms with van der Waals surface area (Å²) in [5.41, 5.74) is 7.50. The number of fused-ring (bicyclic) bond motifs is 1. The molecule has 2 aliphatic rings. The van der Waals surface area contributed by atoms with Crippen LogP contribution >= 0.6 is 22.7 Å². The monoisotopic (exact) mass is 335 g/mol. The summed E-state index contributed by atoms with van der Waals surface area (Å²) in [6.07, 6.45) is 5.10. The van der Waals surface area contributed by atoms with Crippen molar-refractivity contribution in [3.8, 4) is 0 Å². The molecule has 0 unspecified atom stereocenters. The maximum absolute atomic E-state index is 12.3. The predicted molar refractivity (Wildman–Crippen MR) is 88.8 cm³/mol. The minimum Gasteiger partial charge on any atom is -0.359 e. The molecule has 0 saturated heterocycles. The summed E-state index contributed by atoms with van der Waals surface area (Å²) in [4.78, 5) is 22.3. The predicted octanol–water partition coefficient (Wildman–Crippen LogP) is 2.24. The number of nitrogens with two attached hydrogens (primary N) is 1. The van der Waals surface area contributed by atoms with Crippen molar-refractivity contribution < 1.29 is 4.79 Å². The highest BCUT2D eigenvalue weighted by molar-refractivity contribution is 7.16. The van der Waals surface area contributed by atoms with E-state index in [1.165, 1.54) is 40.4 Å². The first kappa shape index (κ1) is 14.1. The Hall–Kier alpha value is -1.51. The number of hydrogen-bond donors (Lipinski definition) is 3. The van der Waals surface area contributed by atoms with E-state index in [4.69, 9.17) is 5.73 Å². The number of thiazole rings is 2. The molecule has 2 aromatic rings. The highest BCUT2D eigenvalue weighted by Gasteiger charge is 2.24. The molecule has 0 bridgehead atoms. The lowest BCUT2D eigenvalue weighted by Crippen LogP contribution is -2.27. The highest BCUT2D eigenvalue weighted by atomic mass is 32.1. The van der Waals surface area contributed by atoms with Crippen molar-refractivity contribution in [2.75, 3.05) is 10.6 Å². The van der Waals surface area contributed by atoms with Crippen LogP contribution in [-0.2, 0) is 12.8 Å². The number of aryl methyl sites for hydroxylation is 1. The first-order valence-electron chi connectivity index (χ1n) is 7.45. The van der Waals surface area contributed by atoms with Crippen LogP contribution in [0.5, 0.6) is 0 Å². The summed E-state index contributed by atoms with van der Waals surface area (Å²) in [6.45, 7) is 0. The molecule has 1 fully saturated rings. The molecule has 2 heterocycles. The lowest BCUT2D eigenvalue weighted by molar-refractivity contribution is 0.102. The Morgan fingerprint density at radius 1 is 1.27 bits per heavy atom. The van der Waals surface area contributed by atoms with Crippen LogP contribution in [0.25, 0.3) is 0 Å². The summed E-state index contributed by atoms with van der Waals surface area (Å²) in [7, 11) is 0. The van der Waals surface area contributed by atoms with Gasteiger partial charge in [0, 0.05) is 22.3 Å². The molecule has 6 nitrogen and oxygen atoms in total. The number of carbonyl (C=O) groups is 1. The van der Waals surface area contributed by atoms with Crippen molar-refractivity contribution in [3.05, 3.63) is 21.6 Å². The van der Waals surface area contributed by atoms with E-state index >= 15 is 0 Å². The molecule has 22 heavy (non-hydrogen) atoms. The summed E-state index contributed by atoms with van der Waals surface area (Å²) in [5.74, 6) is -0.199. The Labute approximate surface area is 136 Å². The van der Waals surface area contributed by atoms with Gasteiger partial charge in [-0.25, -0.2) is 9.97 Å². The van der Waals surface area contributed by atoms with Crippen LogP contribution in [0.4, 0.5) is 10.3 Å². The molecule has 2 aromatic heterocycles. The van der Waals surface area contributed by atoms with E-state index in [1.807, 2.05) is 0 Å². The zero-order valence-corrected chi connectivity index (χ0v) is 13.6. The van der Waals surface area contributed by atoms with Crippen LogP contribution in [-0.4, -0.2) is 28.0 Å². The van der Waals surface area contributed by atoms with Gasteiger partial charge in [-0.05, 0) is 32.1 Å². The summed E-state index contributed by atoms with van der Waals surface area (Å²) < 4.78 is 0. The Bertz CT molecular complexity index is 706. The standard InChI is InChI=1S/C14H17N5OS2/c15-7-1-4-9-11(5-7)22-14(17-9)19-12(20)10-6-21-13(18-10)16-8-2-3-8/h6-8H,1-5,15H2,(H,16,18)(H,17,19,20)/t7-/m0/s1. The number of carbonyl (C=O) groups excluding carboxylic acids is 1. The minimum absolute atomic E-state index is 0.199. The molecule has 0 aromatic carbocycles. The molecule has 2 aliphatic carbocycles. The Morgan fingerprint density at radius 2 is 2.14 bits per heavy atom. The van der Waals surface area contributed by atoms with Crippen LogP contribution in [0, 0.1) is 0 Å². The van der Waals surface area contributed by atoms with Crippen LogP contribution in [0.15, 0.2) is 5.38 Å². The number of rotatable bonds is 4. The van der Waals surface area contributed by atoms with Crippen molar-refractivity contribution in [2.24, 2.45) is 5.73 Å². The maximum atomic E-state index is 12.3. The van der Waals surface area contributed by atoms with Crippen molar-refractivity contribution in [1.82, 2.24) is 9.97 Å². The van der Waals surface area contributed by atoms with E-state index in [0.717, 1.165) is 30.1 Å². The fourth-order valence-corrected chi connectivity index (χ4v) is 4.33. The van der Waals surface area contributed by atoms with Gasteiger partial charge in [0.25, 0.3) is 5.91 Å². The third-order valence-corrected chi connectivity index (χ3v) is 5.65. The molecular formula is C14H17N5OS2. The Morgan fingerprint density at radius 3 is 2.95 bits per heavy atom. The van der Waals surface area contributed by atoms with Gasteiger partial charge in [0.2, 0.25) is 0 Å². The van der Waals surface area contributed by atoms with Gasteiger partial charge in [0.15, 0.2) is 10.3 Å². The highest BCUT2D eigenvalue weighted by Crippen LogP contribution is 2.30. The molecule has 4 N–H and O–H groups in total. The molecule has 0 spiro atoms. The van der Waals surface area contributed by atoms with E-state index in [9.17, 15) is 4.79 Å². The number of anilines is 2. The fraction of sp³-hybridized carbons (Fsp3) is 0.500. The molecule has 0 aliphatic heterocycles. The quantitative estimate of drug-likeness (QED) is 0.797. The maximum Gasteiger partial charge on any atom is 0.276 e. The SMILES string of the molecule is N[C@H]1CCc2nc(NC(=O)c3csc(NC4CC4)n3)sc2C1. The van der Waals surface area contributed by atoms with Gasteiger partial charge in [-0.1, -0.05) is 0 Å². The fourth-order valence-electron chi connectivity index (χ4n) is 2.46. The smallest absolute Gasteiger partial charge is 0.276 e. The number of hydrogen-bond acceptors (Lipinski definition) is 7. The lowest BCUT2D eigenvalue weighted by atomic mass is 9.99. The first-order chi connectivity index (χ1) is 10.7. The van der Waals surface area contributed by atoms with Gasteiger partial charge >= 0.3 is 0 Å². The second-order valence-electron chi connectivity index (χ2n) is 5.80. The van der Waals surface area contributed by atoms with Gasteiger partial charge in [-0.3, -0.25) is 10.1 Å². The first-order valence-corrected chi connectivity index (χ1v) is 9.14. The molecular weight excluding hydrogens is 318 g/mol. The molecule has 0 radical (unpaired) electrons. The second kappa shape index (κ2) is 5.60. The molecule has 1 atom stereocenters. The van der Waals surface area contributed by atoms with E-state index in [1.54, 1.807) is 5.38 Å². The van der Waals surface area contributed by atoms with Gasteiger partial charge in [-0.15, -0.1) is 22.7 Å². The Balaban J connectivity index is 1.44. The van der Waals surface area contributed by atoms with Crippen LogP contribution < -0.4 is 16.4 Å². The van der Waals surface area contributed by atoms with Crippen LogP contribution in [0.2, 0.25) is 0 Å². The lowest BCUT2D eigenvalue weighted by Gasteiger charge is -2.15. The van der Waals surface area contributed by atoms with Crippen LogP contribution in [0.3, 0.4) is 0 Å². The number of nitrogens with zero attached hydrogens (tertiary/aromatic N) is 2. The second-order valence-corrected chi connectivity index (χ2v) is 7.74. The van der Waals surface area contributed by atoms with Crippen molar-refractivity contribution in [2.45, 2.75) is 44.2 Å².